The molecule has 1 unspecified atom stereocenters. The molecule has 150 valence electrons. The first-order valence-electron chi connectivity index (χ1n) is 8.20. The Balaban J connectivity index is 2.47. The summed E-state index contributed by atoms with van der Waals surface area (Å²) in [4.78, 5) is 47.3. The Hall–Kier alpha value is -3.88. The minimum absolute atomic E-state index is 0.0184. The Kier molecular flexibility index (Phi) is 6.55. The molecule has 0 aromatic heterocycles. The molecule has 29 heavy (non-hydrogen) atoms. The number of nitrogens with zero attached hydrogens (tertiary/aromatic N) is 2. The second kappa shape index (κ2) is 8.87. The van der Waals surface area contributed by atoms with E-state index >= 15 is 0 Å². The van der Waals surface area contributed by atoms with Crippen LogP contribution >= 0.6 is 0 Å². The highest BCUT2D eigenvalue weighted by molar-refractivity contribution is 6.55. The van der Waals surface area contributed by atoms with E-state index in [1.165, 1.54) is 6.92 Å². The maximum Gasteiger partial charge on any atom is 0.335 e. The van der Waals surface area contributed by atoms with Gasteiger partial charge in [-0.15, -0.1) is 0 Å². The number of aromatic carboxylic acids is 2. The van der Waals surface area contributed by atoms with Gasteiger partial charge in [0.1, 0.15) is 23.4 Å². The van der Waals surface area contributed by atoms with Gasteiger partial charge in [-0.1, -0.05) is 0 Å². The normalized spacial score (nSPS) is 18.0. The monoisotopic (exact) mass is 400 g/mol. The van der Waals surface area contributed by atoms with Crippen LogP contribution < -0.4 is 10.7 Å². The number of anilines is 1. The van der Waals surface area contributed by atoms with Gasteiger partial charge in [0.05, 0.1) is 23.4 Å². The lowest BCUT2D eigenvalue weighted by molar-refractivity contribution is -0.124. The number of ketones is 2. The van der Waals surface area contributed by atoms with Crippen molar-refractivity contribution < 1.29 is 34.5 Å². The SMILES string of the molecule is CC1=C(C#N)C(=O)C(NCCO)C(=O)/C1=N\Nc1cc(C(=O)O)cc(C(=O)O)c1. The van der Waals surface area contributed by atoms with Crippen molar-refractivity contribution in [2.24, 2.45) is 5.10 Å². The molecule has 0 saturated carbocycles. The molecular weight excluding hydrogens is 384 g/mol. The topological polar surface area (TPSA) is 189 Å². The highest BCUT2D eigenvalue weighted by atomic mass is 16.4. The summed E-state index contributed by atoms with van der Waals surface area (Å²) in [6.07, 6.45) is 0. The van der Waals surface area contributed by atoms with Gasteiger partial charge >= 0.3 is 11.9 Å². The molecular formula is C18H16N4O7. The number of carboxylic acid groups (broad SMARTS) is 2. The average molecular weight is 400 g/mol. The lowest BCUT2D eigenvalue weighted by Gasteiger charge is -2.22. The minimum Gasteiger partial charge on any atom is -0.478 e. The van der Waals surface area contributed by atoms with E-state index in [1.807, 2.05) is 0 Å². The van der Waals surface area contributed by atoms with E-state index in [9.17, 15) is 24.4 Å². The van der Waals surface area contributed by atoms with E-state index in [4.69, 9.17) is 15.3 Å². The molecule has 0 amide bonds. The summed E-state index contributed by atoms with van der Waals surface area (Å²) >= 11 is 0. The largest absolute Gasteiger partial charge is 0.478 e. The van der Waals surface area contributed by atoms with Crippen LogP contribution in [0.2, 0.25) is 0 Å². The molecule has 0 aliphatic heterocycles. The molecule has 5 N–H and O–H groups in total. The van der Waals surface area contributed by atoms with Gasteiger partial charge in [-0.25, -0.2) is 9.59 Å². The smallest absolute Gasteiger partial charge is 0.335 e. The zero-order valence-electron chi connectivity index (χ0n) is 15.1. The fraction of sp³-hybridized carbons (Fsp3) is 0.222. The molecule has 11 heteroatoms. The van der Waals surface area contributed by atoms with Crippen LogP contribution in [0.4, 0.5) is 5.69 Å². The van der Waals surface area contributed by atoms with Gasteiger partial charge in [0.15, 0.2) is 5.78 Å². The summed E-state index contributed by atoms with van der Waals surface area (Å²) in [5, 5.41) is 42.8. The number of rotatable bonds is 7. The number of carbonyl (C=O) groups is 4. The van der Waals surface area contributed by atoms with Crippen LogP contribution in [0.15, 0.2) is 34.4 Å². The number of nitrogens with one attached hydrogen (secondary N) is 2. The predicted octanol–water partition coefficient (Wildman–Crippen LogP) is -0.207. The Bertz CT molecular complexity index is 972. The molecule has 0 bridgehead atoms. The Morgan fingerprint density at radius 1 is 1.14 bits per heavy atom. The number of allylic oxidation sites excluding steroid dienone is 1. The summed E-state index contributed by atoms with van der Waals surface area (Å²) in [5.74, 6) is -4.22. The number of hydrogen-bond acceptors (Lipinski definition) is 9. The first-order chi connectivity index (χ1) is 13.7. The number of hydrazone groups is 1. The fourth-order valence-electron chi connectivity index (χ4n) is 2.62. The molecule has 0 spiro atoms. The van der Waals surface area contributed by atoms with E-state index in [-0.39, 0.29) is 46.8 Å². The van der Waals surface area contributed by atoms with Crippen molar-refractivity contribution in [3.63, 3.8) is 0 Å². The number of nitriles is 1. The number of carbonyl (C=O) groups excluding carboxylic acids is 2. The molecule has 0 heterocycles. The Labute approximate surface area is 164 Å². The third-order valence-corrected chi connectivity index (χ3v) is 4.03. The zero-order chi connectivity index (χ0) is 21.7. The molecule has 1 aromatic carbocycles. The van der Waals surface area contributed by atoms with Crippen molar-refractivity contribution >= 4 is 34.9 Å². The highest BCUT2D eigenvalue weighted by Gasteiger charge is 2.39. The molecule has 11 nitrogen and oxygen atoms in total. The Morgan fingerprint density at radius 3 is 2.21 bits per heavy atom. The second-order valence-corrected chi connectivity index (χ2v) is 5.93. The molecule has 1 aliphatic rings. The molecule has 0 radical (unpaired) electrons. The standard InChI is InChI=1S/C18H16N4O7/c1-8-12(7-19)15(24)14(20-2-3-23)16(25)13(8)22-21-11-5-9(17(26)27)4-10(6-11)18(28)29/h4-6,14,20-21,23H,2-3H2,1H3,(H,26,27)(H,28,29)/b22-13-. The van der Waals surface area contributed by atoms with Gasteiger partial charge in [-0.2, -0.15) is 10.4 Å². The average Bonchev–Trinajstić information content (AvgIpc) is 2.67. The maximum atomic E-state index is 12.6. The lowest BCUT2D eigenvalue weighted by Crippen LogP contribution is -2.51. The third kappa shape index (κ3) is 4.52. The van der Waals surface area contributed by atoms with Crippen LogP contribution in [0.25, 0.3) is 0 Å². The number of aliphatic hydroxyl groups excluding tert-OH is 1. The van der Waals surface area contributed by atoms with Gasteiger partial charge in [-0.3, -0.25) is 20.3 Å². The number of aliphatic hydroxyl groups is 1. The van der Waals surface area contributed by atoms with Crippen LogP contribution in [0.3, 0.4) is 0 Å². The van der Waals surface area contributed by atoms with Crippen molar-refractivity contribution in [1.29, 1.82) is 5.26 Å². The number of hydrogen-bond donors (Lipinski definition) is 5. The van der Waals surface area contributed by atoms with Crippen LogP contribution in [-0.4, -0.2) is 63.7 Å². The van der Waals surface area contributed by atoms with Crippen LogP contribution in [0, 0.1) is 11.3 Å². The van der Waals surface area contributed by atoms with E-state index in [1.54, 1.807) is 6.07 Å². The third-order valence-electron chi connectivity index (χ3n) is 4.03. The summed E-state index contributed by atoms with van der Waals surface area (Å²) in [7, 11) is 0. The van der Waals surface area contributed by atoms with E-state index in [0.29, 0.717) is 0 Å². The van der Waals surface area contributed by atoms with Crippen molar-refractivity contribution in [3.8, 4) is 6.07 Å². The lowest BCUT2D eigenvalue weighted by atomic mass is 9.86. The van der Waals surface area contributed by atoms with Gasteiger partial charge < -0.3 is 15.3 Å². The van der Waals surface area contributed by atoms with Gasteiger partial charge in [0.2, 0.25) is 5.78 Å². The van der Waals surface area contributed by atoms with Crippen LogP contribution in [0.5, 0.6) is 0 Å². The molecule has 2 rings (SSSR count). The van der Waals surface area contributed by atoms with Crippen molar-refractivity contribution in [2.75, 3.05) is 18.6 Å². The zero-order valence-corrected chi connectivity index (χ0v) is 15.1. The van der Waals surface area contributed by atoms with Gasteiger partial charge in [-0.05, 0) is 25.1 Å². The number of carboxylic acids is 2. The summed E-state index contributed by atoms with van der Waals surface area (Å²) in [5.41, 5.74) is 1.24. The molecule has 1 atom stereocenters. The summed E-state index contributed by atoms with van der Waals surface area (Å²) < 4.78 is 0. The summed E-state index contributed by atoms with van der Waals surface area (Å²) in [6.45, 7) is 0.947. The van der Waals surface area contributed by atoms with Gasteiger partial charge in [0.25, 0.3) is 0 Å². The molecule has 0 fully saturated rings. The Morgan fingerprint density at radius 2 is 1.72 bits per heavy atom. The van der Waals surface area contributed by atoms with E-state index in [2.05, 4.69) is 15.8 Å². The molecule has 1 aromatic rings. The minimum atomic E-state index is -1.40. The fourth-order valence-corrected chi connectivity index (χ4v) is 2.62. The quantitative estimate of drug-likeness (QED) is 0.302. The van der Waals surface area contributed by atoms with Crippen molar-refractivity contribution in [3.05, 3.63) is 40.5 Å². The predicted molar refractivity (Wildman–Crippen MR) is 98.6 cm³/mol. The maximum absolute atomic E-state index is 12.6. The van der Waals surface area contributed by atoms with Crippen LogP contribution in [0.1, 0.15) is 27.6 Å². The molecule has 0 saturated heterocycles. The van der Waals surface area contributed by atoms with Crippen molar-refractivity contribution in [1.82, 2.24) is 5.32 Å². The first kappa shape index (κ1) is 21.4. The molecule has 1 aliphatic carbocycles. The van der Waals surface area contributed by atoms with Crippen molar-refractivity contribution in [2.45, 2.75) is 13.0 Å². The van der Waals surface area contributed by atoms with E-state index in [0.717, 1.165) is 18.2 Å². The van der Waals surface area contributed by atoms with Gasteiger partial charge in [0, 0.05) is 12.1 Å². The second-order valence-electron chi connectivity index (χ2n) is 5.93. The van der Waals surface area contributed by atoms with Crippen LogP contribution in [-0.2, 0) is 9.59 Å². The summed E-state index contributed by atoms with van der Waals surface area (Å²) in [6, 6.07) is 3.50. The van der Waals surface area contributed by atoms with E-state index < -0.39 is 29.5 Å². The number of benzene rings is 1. The number of Topliss-reactive ketones (excluding diaryl/α,β-unsaturated/α-hetero) is 2. The first-order valence-corrected chi connectivity index (χ1v) is 8.20. The highest BCUT2D eigenvalue weighted by Crippen LogP contribution is 2.20.